The fraction of sp³-hybridized carbons (Fsp3) is 0.846. The summed E-state index contributed by atoms with van der Waals surface area (Å²) >= 11 is 0. The first-order chi connectivity index (χ1) is 7.99. The Morgan fingerprint density at radius 2 is 1.76 bits per heavy atom. The molecule has 0 unspecified atom stereocenters. The SMILES string of the molecule is CCNC(=O)CC1(CC(=O)N(C)C)CCCC1. The van der Waals surface area contributed by atoms with Crippen molar-refractivity contribution in [2.24, 2.45) is 5.41 Å². The zero-order valence-electron chi connectivity index (χ0n) is 11.2. The van der Waals surface area contributed by atoms with Gasteiger partial charge in [-0.2, -0.15) is 0 Å². The molecule has 0 atom stereocenters. The number of rotatable bonds is 5. The van der Waals surface area contributed by atoms with Crippen LogP contribution in [-0.2, 0) is 9.59 Å². The van der Waals surface area contributed by atoms with Gasteiger partial charge < -0.3 is 10.2 Å². The van der Waals surface area contributed by atoms with Crippen LogP contribution in [0, 0.1) is 5.41 Å². The van der Waals surface area contributed by atoms with Gasteiger partial charge in [0.25, 0.3) is 0 Å². The Hall–Kier alpha value is -1.06. The minimum absolute atomic E-state index is 0.0827. The second-order valence-corrected chi connectivity index (χ2v) is 5.30. The standard InChI is InChI=1S/C13H24N2O2/c1-4-14-11(16)9-13(7-5-6-8-13)10-12(17)15(2)3/h4-10H2,1-3H3,(H,14,16). The summed E-state index contributed by atoms with van der Waals surface area (Å²) in [6.07, 6.45) is 5.30. The molecule has 1 N–H and O–H groups in total. The van der Waals surface area contributed by atoms with Gasteiger partial charge in [0.1, 0.15) is 0 Å². The van der Waals surface area contributed by atoms with Crippen molar-refractivity contribution in [3.63, 3.8) is 0 Å². The molecule has 0 bridgehead atoms. The minimum atomic E-state index is -0.0827. The molecule has 4 nitrogen and oxygen atoms in total. The van der Waals surface area contributed by atoms with Crippen molar-refractivity contribution < 1.29 is 9.59 Å². The Labute approximate surface area is 104 Å². The predicted molar refractivity (Wildman–Crippen MR) is 67.5 cm³/mol. The number of amides is 2. The van der Waals surface area contributed by atoms with E-state index in [9.17, 15) is 9.59 Å². The number of carbonyl (C=O) groups excluding carboxylic acids is 2. The first kappa shape index (κ1) is 14.0. The van der Waals surface area contributed by atoms with Gasteiger partial charge in [0.15, 0.2) is 0 Å². The van der Waals surface area contributed by atoms with Crippen molar-refractivity contribution in [3.05, 3.63) is 0 Å². The molecule has 1 fully saturated rings. The molecule has 0 spiro atoms. The van der Waals surface area contributed by atoms with E-state index in [-0.39, 0.29) is 17.2 Å². The van der Waals surface area contributed by atoms with Gasteiger partial charge in [-0.15, -0.1) is 0 Å². The van der Waals surface area contributed by atoms with Crippen molar-refractivity contribution >= 4 is 11.8 Å². The van der Waals surface area contributed by atoms with Crippen LogP contribution in [0.25, 0.3) is 0 Å². The monoisotopic (exact) mass is 240 g/mol. The Morgan fingerprint density at radius 1 is 1.18 bits per heavy atom. The highest BCUT2D eigenvalue weighted by atomic mass is 16.2. The molecule has 98 valence electrons. The molecule has 0 aromatic heterocycles. The topological polar surface area (TPSA) is 49.4 Å². The molecule has 1 rings (SSSR count). The number of nitrogens with one attached hydrogen (secondary N) is 1. The molecular weight excluding hydrogens is 216 g/mol. The average Bonchev–Trinajstić information content (AvgIpc) is 2.66. The molecule has 1 aliphatic carbocycles. The van der Waals surface area contributed by atoms with Crippen LogP contribution in [0.1, 0.15) is 45.4 Å². The van der Waals surface area contributed by atoms with Gasteiger partial charge in [0, 0.05) is 33.5 Å². The van der Waals surface area contributed by atoms with E-state index in [2.05, 4.69) is 5.32 Å². The normalized spacial score (nSPS) is 17.8. The fourth-order valence-corrected chi connectivity index (χ4v) is 2.62. The second-order valence-electron chi connectivity index (χ2n) is 5.30. The lowest BCUT2D eigenvalue weighted by atomic mass is 9.79. The lowest BCUT2D eigenvalue weighted by Crippen LogP contribution is -2.34. The van der Waals surface area contributed by atoms with Gasteiger partial charge in [0.2, 0.25) is 11.8 Å². The van der Waals surface area contributed by atoms with Crippen molar-refractivity contribution in [1.82, 2.24) is 10.2 Å². The highest BCUT2D eigenvalue weighted by molar-refractivity contribution is 5.80. The molecule has 0 aromatic rings. The Balaban J connectivity index is 2.62. The van der Waals surface area contributed by atoms with Gasteiger partial charge in [-0.25, -0.2) is 0 Å². The van der Waals surface area contributed by atoms with Crippen LogP contribution in [0.3, 0.4) is 0 Å². The van der Waals surface area contributed by atoms with Crippen molar-refractivity contribution in [1.29, 1.82) is 0 Å². The third-order valence-electron chi connectivity index (χ3n) is 3.60. The van der Waals surface area contributed by atoms with Crippen LogP contribution >= 0.6 is 0 Å². The zero-order valence-corrected chi connectivity index (χ0v) is 11.2. The van der Waals surface area contributed by atoms with Crippen LogP contribution in [0.5, 0.6) is 0 Å². The molecule has 17 heavy (non-hydrogen) atoms. The number of carbonyl (C=O) groups is 2. The number of nitrogens with zero attached hydrogens (tertiary/aromatic N) is 1. The molecule has 0 heterocycles. The highest BCUT2D eigenvalue weighted by Crippen LogP contribution is 2.44. The maximum Gasteiger partial charge on any atom is 0.222 e. The summed E-state index contributed by atoms with van der Waals surface area (Å²) in [5.74, 6) is 0.220. The summed E-state index contributed by atoms with van der Waals surface area (Å²) in [6.45, 7) is 2.58. The first-order valence-electron chi connectivity index (χ1n) is 6.46. The third-order valence-corrected chi connectivity index (χ3v) is 3.60. The quantitative estimate of drug-likeness (QED) is 0.792. The van der Waals surface area contributed by atoms with E-state index in [4.69, 9.17) is 0 Å². The Kier molecular flexibility index (Phi) is 4.97. The summed E-state index contributed by atoms with van der Waals surface area (Å²) in [6, 6.07) is 0. The van der Waals surface area contributed by atoms with Crippen molar-refractivity contribution in [2.45, 2.75) is 45.4 Å². The van der Waals surface area contributed by atoms with Crippen LogP contribution < -0.4 is 5.32 Å². The first-order valence-corrected chi connectivity index (χ1v) is 6.46. The van der Waals surface area contributed by atoms with E-state index in [1.54, 1.807) is 19.0 Å². The molecule has 0 aliphatic heterocycles. The van der Waals surface area contributed by atoms with Crippen LogP contribution in [0.4, 0.5) is 0 Å². The van der Waals surface area contributed by atoms with Gasteiger partial charge in [-0.1, -0.05) is 12.8 Å². The van der Waals surface area contributed by atoms with E-state index in [1.165, 1.54) is 0 Å². The predicted octanol–water partition coefficient (Wildman–Crippen LogP) is 1.55. The van der Waals surface area contributed by atoms with Crippen LogP contribution in [0.15, 0.2) is 0 Å². The summed E-state index contributed by atoms with van der Waals surface area (Å²) in [5, 5.41) is 2.84. The number of hydrogen-bond acceptors (Lipinski definition) is 2. The van der Waals surface area contributed by atoms with E-state index in [1.807, 2.05) is 6.92 Å². The van der Waals surface area contributed by atoms with E-state index < -0.39 is 0 Å². The maximum absolute atomic E-state index is 11.8. The Bertz CT molecular complexity index is 281. The molecule has 0 radical (unpaired) electrons. The van der Waals surface area contributed by atoms with Crippen molar-refractivity contribution in [3.8, 4) is 0 Å². The molecule has 2 amide bonds. The molecule has 0 aromatic carbocycles. The number of hydrogen-bond donors (Lipinski definition) is 1. The lowest BCUT2D eigenvalue weighted by molar-refractivity contribution is -0.132. The molecule has 4 heteroatoms. The molecule has 1 aliphatic rings. The summed E-state index contributed by atoms with van der Waals surface area (Å²) < 4.78 is 0. The summed E-state index contributed by atoms with van der Waals surface area (Å²) in [4.78, 5) is 25.2. The summed E-state index contributed by atoms with van der Waals surface area (Å²) in [5.41, 5.74) is -0.0827. The average molecular weight is 240 g/mol. The van der Waals surface area contributed by atoms with E-state index >= 15 is 0 Å². The maximum atomic E-state index is 11.8. The minimum Gasteiger partial charge on any atom is -0.356 e. The van der Waals surface area contributed by atoms with E-state index in [0.29, 0.717) is 19.4 Å². The summed E-state index contributed by atoms with van der Waals surface area (Å²) in [7, 11) is 3.55. The zero-order chi connectivity index (χ0) is 12.9. The van der Waals surface area contributed by atoms with Crippen LogP contribution in [0.2, 0.25) is 0 Å². The molecular formula is C13H24N2O2. The second kappa shape index (κ2) is 6.03. The largest absolute Gasteiger partial charge is 0.356 e. The van der Waals surface area contributed by atoms with Gasteiger partial charge in [-0.3, -0.25) is 9.59 Å². The highest BCUT2D eigenvalue weighted by Gasteiger charge is 2.38. The van der Waals surface area contributed by atoms with E-state index in [0.717, 1.165) is 25.7 Å². The van der Waals surface area contributed by atoms with Gasteiger partial charge >= 0.3 is 0 Å². The van der Waals surface area contributed by atoms with Gasteiger partial charge in [0.05, 0.1) is 0 Å². The van der Waals surface area contributed by atoms with Crippen molar-refractivity contribution in [2.75, 3.05) is 20.6 Å². The smallest absolute Gasteiger partial charge is 0.222 e. The molecule has 1 saturated carbocycles. The van der Waals surface area contributed by atoms with Gasteiger partial charge in [-0.05, 0) is 25.2 Å². The molecule has 0 saturated heterocycles. The lowest BCUT2D eigenvalue weighted by Gasteiger charge is -2.29. The van der Waals surface area contributed by atoms with Crippen LogP contribution in [-0.4, -0.2) is 37.4 Å². The Morgan fingerprint density at radius 3 is 2.24 bits per heavy atom. The fourth-order valence-electron chi connectivity index (χ4n) is 2.62. The third kappa shape index (κ3) is 4.02.